The van der Waals surface area contributed by atoms with E-state index in [1.165, 1.54) is 9.80 Å². The molecule has 0 bridgehead atoms. The molecule has 0 spiro atoms. The van der Waals surface area contributed by atoms with Crippen LogP contribution in [0.15, 0.2) is 78.4 Å². The smallest absolute Gasteiger partial charge is 0.270 e. The van der Waals surface area contributed by atoms with Gasteiger partial charge >= 0.3 is 0 Å². The van der Waals surface area contributed by atoms with E-state index >= 15 is 0 Å². The van der Waals surface area contributed by atoms with Gasteiger partial charge in [-0.3, -0.25) is 19.4 Å². The number of anilines is 3. The van der Waals surface area contributed by atoms with E-state index in [4.69, 9.17) is 12.2 Å². The minimum Gasteiger partial charge on any atom is -0.378 e. The van der Waals surface area contributed by atoms with E-state index in [1.54, 1.807) is 6.08 Å². The predicted molar refractivity (Wildman–Crippen MR) is 139 cm³/mol. The van der Waals surface area contributed by atoms with E-state index in [2.05, 4.69) is 0 Å². The Balaban J connectivity index is 1.83. The molecular formula is C27H25N3O2S. The summed E-state index contributed by atoms with van der Waals surface area (Å²) >= 11 is 5.67. The zero-order chi connectivity index (χ0) is 23.7. The number of carbonyl (C=O) groups is 2. The Labute approximate surface area is 199 Å². The van der Waals surface area contributed by atoms with Gasteiger partial charge in [0.15, 0.2) is 5.11 Å². The molecule has 3 aromatic carbocycles. The molecule has 0 N–H and O–H groups in total. The molecule has 33 heavy (non-hydrogen) atoms. The third kappa shape index (κ3) is 4.43. The van der Waals surface area contributed by atoms with E-state index in [0.29, 0.717) is 11.4 Å². The first-order valence-corrected chi connectivity index (χ1v) is 11.0. The number of benzene rings is 3. The van der Waals surface area contributed by atoms with Crippen LogP contribution in [-0.2, 0) is 9.59 Å². The van der Waals surface area contributed by atoms with Gasteiger partial charge in [-0.25, -0.2) is 0 Å². The molecular weight excluding hydrogens is 430 g/mol. The average molecular weight is 456 g/mol. The Morgan fingerprint density at radius 2 is 1.12 bits per heavy atom. The number of hydrogen-bond acceptors (Lipinski definition) is 4. The van der Waals surface area contributed by atoms with Gasteiger partial charge in [-0.15, -0.1) is 0 Å². The summed E-state index contributed by atoms with van der Waals surface area (Å²) in [5.74, 6) is -0.872. The van der Waals surface area contributed by atoms with Gasteiger partial charge in [0, 0.05) is 19.8 Å². The zero-order valence-electron chi connectivity index (χ0n) is 19.1. The summed E-state index contributed by atoms with van der Waals surface area (Å²) in [5.41, 5.74) is 5.22. The van der Waals surface area contributed by atoms with Crippen LogP contribution >= 0.6 is 12.2 Å². The Bertz CT molecular complexity index is 1170. The van der Waals surface area contributed by atoms with Crippen molar-refractivity contribution >= 4 is 52.3 Å². The number of thiocarbonyl (C=S) groups is 1. The van der Waals surface area contributed by atoms with Gasteiger partial charge in [0.2, 0.25) is 0 Å². The van der Waals surface area contributed by atoms with E-state index in [-0.39, 0.29) is 10.7 Å². The molecule has 1 fully saturated rings. The van der Waals surface area contributed by atoms with Gasteiger partial charge in [-0.05, 0) is 74.1 Å². The second-order valence-electron chi connectivity index (χ2n) is 8.28. The first kappa shape index (κ1) is 22.4. The fourth-order valence-electron chi connectivity index (χ4n) is 3.61. The summed E-state index contributed by atoms with van der Waals surface area (Å²) in [5, 5.41) is 0.137. The molecule has 2 amide bonds. The Morgan fingerprint density at radius 1 is 0.697 bits per heavy atom. The monoisotopic (exact) mass is 455 g/mol. The quantitative estimate of drug-likeness (QED) is 0.311. The van der Waals surface area contributed by atoms with Gasteiger partial charge in [-0.2, -0.15) is 0 Å². The molecule has 6 heteroatoms. The minimum atomic E-state index is -0.436. The van der Waals surface area contributed by atoms with Crippen molar-refractivity contribution in [1.82, 2.24) is 0 Å². The summed E-state index contributed by atoms with van der Waals surface area (Å²) in [6.07, 6.45) is 1.63. The molecule has 0 radical (unpaired) electrons. The summed E-state index contributed by atoms with van der Waals surface area (Å²) in [6.45, 7) is 3.95. The number of rotatable bonds is 4. The van der Waals surface area contributed by atoms with Crippen LogP contribution in [0.1, 0.15) is 16.7 Å². The largest absolute Gasteiger partial charge is 0.378 e. The Morgan fingerprint density at radius 3 is 1.52 bits per heavy atom. The lowest BCUT2D eigenvalue weighted by molar-refractivity contribution is -0.120. The molecule has 1 saturated heterocycles. The van der Waals surface area contributed by atoms with Crippen LogP contribution in [0.5, 0.6) is 0 Å². The average Bonchev–Trinajstić information content (AvgIpc) is 2.79. The molecule has 5 nitrogen and oxygen atoms in total. The number of hydrogen-bond donors (Lipinski definition) is 0. The van der Waals surface area contributed by atoms with E-state index in [9.17, 15) is 9.59 Å². The highest BCUT2D eigenvalue weighted by Gasteiger charge is 2.41. The highest BCUT2D eigenvalue weighted by molar-refractivity contribution is 7.81. The van der Waals surface area contributed by atoms with Gasteiger partial charge in [0.25, 0.3) is 11.8 Å². The van der Waals surface area contributed by atoms with Crippen molar-refractivity contribution in [3.8, 4) is 0 Å². The van der Waals surface area contributed by atoms with E-state index in [1.807, 2.05) is 106 Å². The summed E-state index contributed by atoms with van der Waals surface area (Å²) in [4.78, 5) is 32.0. The van der Waals surface area contributed by atoms with Gasteiger partial charge < -0.3 is 4.90 Å². The molecule has 0 aromatic heterocycles. The van der Waals surface area contributed by atoms with Gasteiger partial charge in [0.05, 0.1) is 11.4 Å². The van der Waals surface area contributed by atoms with Crippen molar-refractivity contribution in [2.75, 3.05) is 28.8 Å². The van der Waals surface area contributed by atoms with Gasteiger partial charge in [-0.1, -0.05) is 47.5 Å². The van der Waals surface area contributed by atoms with E-state index in [0.717, 1.165) is 22.4 Å². The maximum atomic E-state index is 13.6. The number of aryl methyl sites for hydroxylation is 2. The van der Waals surface area contributed by atoms with Crippen molar-refractivity contribution in [2.24, 2.45) is 0 Å². The van der Waals surface area contributed by atoms with Crippen LogP contribution < -0.4 is 14.7 Å². The van der Waals surface area contributed by atoms with Gasteiger partial charge in [0.1, 0.15) is 5.57 Å². The first-order chi connectivity index (χ1) is 15.8. The topological polar surface area (TPSA) is 43.9 Å². The number of carbonyl (C=O) groups excluding carboxylic acids is 2. The molecule has 0 atom stereocenters. The normalized spacial score (nSPS) is 14.1. The third-order valence-electron chi connectivity index (χ3n) is 5.55. The van der Waals surface area contributed by atoms with Crippen LogP contribution in [0.3, 0.4) is 0 Å². The highest BCUT2D eigenvalue weighted by Crippen LogP contribution is 2.30. The third-order valence-corrected chi connectivity index (χ3v) is 5.92. The molecule has 3 aromatic rings. The second kappa shape index (κ2) is 9.00. The lowest BCUT2D eigenvalue weighted by Gasteiger charge is -2.36. The van der Waals surface area contributed by atoms with Crippen LogP contribution in [-0.4, -0.2) is 31.0 Å². The minimum absolute atomic E-state index is 0.0577. The molecule has 1 aliphatic heterocycles. The standard InChI is InChI=1S/C27H25N3O2S/c1-18-5-11-22(12-6-18)29-25(31)24(17-20-9-15-21(16-10-20)28(3)4)26(32)30(27(29)33)23-13-7-19(2)8-14-23/h5-17H,1-4H3. The van der Waals surface area contributed by atoms with Crippen LogP contribution in [0.4, 0.5) is 17.1 Å². The molecule has 1 heterocycles. The maximum Gasteiger partial charge on any atom is 0.270 e. The molecule has 0 aliphatic carbocycles. The van der Waals surface area contributed by atoms with Crippen molar-refractivity contribution in [2.45, 2.75) is 13.8 Å². The van der Waals surface area contributed by atoms with Crippen molar-refractivity contribution in [3.05, 3.63) is 95.1 Å². The number of nitrogens with zero attached hydrogens (tertiary/aromatic N) is 3. The molecule has 1 aliphatic rings. The molecule has 0 unspecified atom stereocenters. The predicted octanol–water partition coefficient (Wildman–Crippen LogP) is 5.12. The van der Waals surface area contributed by atoms with Crippen molar-refractivity contribution < 1.29 is 9.59 Å². The lowest BCUT2D eigenvalue weighted by atomic mass is 10.0. The van der Waals surface area contributed by atoms with E-state index < -0.39 is 11.8 Å². The van der Waals surface area contributed by atoms with Crippen LogP contribution in [0, 0.1) is 13.8 Å². The molecule has 166 valence electrons. The highest BCUT2D eigenvalue weighted by atomic mass is 32.1. The fraction of sp³-hybridized carbons (Fsp3) is 0.148. The first-order valence-electron chi connectivity index (χ1n) is 10.6. The van der Waals surface area contributed by atoms with Crippen molar-refractivity contribution in [1.29, 1.82) is 0 Å². The summed E-state index contributed by atoms with van der Waals surface area (Å²) in [7, 11) is 3.92. The SMILES string of the molecule is Cc1ccc(N2C(=O)C(=Cc3ccc(N(C)C)cc3)C(=O)N(c3ccc(C)cc3)C2=S)cc1. The second-order valence-corrected chi connectivity index (χ2v) is 8.64. The fourth-order valence-corrected chi connectivity index (χ4v) is 3.98. The summed E-state index contributed by atoms with van der Waals surface area (Å²) in [6, 6.07) is 22.7. The van der Waals surface area contributed by atoms with Crippen LogP contribution in [0.2, 0.25) is 0 Å². The number of amides is 2. The Hall–Kier alpha value is -3.77. The Kier molecular flexibility index (Phi) is 6.11. The molecule has 4 rings (SSSR count). The molecule has 0 saturated carbocycles. The zero-order valence-corrected chi connectivity index (χ0v) is 19.9. The lowest BCUT2D eigenvalue weighted by Crippen LogP contribution is -2.56. The van der Waals surface area contributed by atoms with Crippen LogP contribution in [0.25, 0.3) is 6.08 Å². The van der Waals surface area contributed by atoms with Crippen molar-refractivity contribution in [3.63, 3.8) is 0 Å². The maximum absolute atomic E-state index is 13.6. The summed E-state index contributed by atoms with van der Waals surface area (Å²) < 4.78 is 0.